The molecule has 2 rings (SSSR count). The van der Waals surface area contributed by atoms with Crippen molar-refractivity contribution < 1.29 is 9.84 Å². The van der Waals surface area contributed by atoms with Gasteiger partial charge in [0.15, 0.2) is 0 Å². The van der Waals surface area contributed by atoms with Crippen LogP contribution < -0.4 is 10.1 Å². The number of piperidine rings is 1. The van der Waals surface area contributed by atoms with Crippen LogP contribution in [0.3, 0.4) is 0 Å². The lowest BCUT2D eigenvalue weighted by Crippen LogP contribution is -2.39. The van der Waals surface area contributed by atoms with Crippen molar-refractivity contribution in [3.05, 3.63) is 29.8 Å². The number of likely N-dealkylation sites (tertiary alicyclic amines) is 1. The lowest BCUT2D eigenvalue weighted by Gasteiger charge is -2.26. The summed E-state index contributed by atoms with van der Waals surface area (Å²) in [6.07, 6.45) is 3.56. The van der Waals surface area contributed by atoms with Gasteiger partial charge in [0.25, 0.3) is 0 Å². The molecule has 0 spiro atoms. The molecule has 1 saturated heterocycles. The van der Waals surface area contributed by atoms with E-state index in [4.69, 9.17) is 4.74 Å². The molecule has 1 heterocycles. The van der Waals surface area contributed by atoms with Crippen molar-refractivity contribution >= 4 is 0 Å². The fourth-order valence-electron chi connectivity index (χ4n) is 2.57. The lowest BCUT2D eigenvalue weighted by atomic mass is 10.1. The number of nitrogens with one attached hydrogen (secondary N) is 1. The monoisotopic (exact) mass is 292 g/mol. The molecular weight excluding hydrogens is 264 g/mol. The fourth-order valence-corrected chi connectivity index (χ4v) is 2.57. The van der Waals surface area contributed by atoms with Crippen molar-refractivity contribution in [2.24, 2.45) is 0 Å². The van der Waals surface area contributed by atoms with Crippen molar-refractivity contribution in [1.82, 2.24) is 10.2 Å². The van der Waals surface area contributed by atoms with Gasteiger partial charge in [-0.3, -0.25) is 0 Å². The van der Waals surface area contributed by atoms with Crippen LogP contribution in [-0.2, 0) is 0 Å². The van der Waals surface area contributed by atoms with Crippen LogP contribution in [0.25, 0.3) is 0 Å². The molecule has 0 bridgehead atoms. The van der Waals surface area contributed by atoms with Gasteiger partial charge in [0.1, 0.15) is 18.5 Å². The highest BCUT2D eigenvalue weighted by molar-refractivity contribution is 5.26. The number of ether oxygens (including phenoxy) is 1. The Morgan fingerprint density at radius 2 is 1.90 bits per heavy atom. The number of aliphatic hydroxyl groups is 1. The smallest absolute Gasteiger partial charge is 0.119 e. The highest BCUT2D eigenvalue weighted by atomic mass is 16.5. The molecule has 4 nitrogen and oxygen atoms in total. The van der Waals surface area contributed by atoms with Crippen LogP contribution in [-0.4, -0.2) is 55.4 Å². The van der Waals surface area contributed by atoms with E-state index in [1.54, 1.807) is 0 Å². The fraction of sp³-hybridized carbons (Fsp3) is 0.647. The Hall–Kier alpha value is -1.10. The normalized spacial score (nSPS) is 17.6. The Morgan fingerprint density at radius 3 is 2.62 bits per heavy atom. The van der Waals surface area contributed by atoms with Gasteiger partial charge in [-0.2, -0.15) is 0 Å². The third-order valence-electron chi connectivity index (χ3n) is 3.90. The Balaban J connectivity index is 1.52. The quantitative estimate of drug-likeness (QED) is 0.717. The van der Waals surface area contributed by atoms with Crippen LogP contribution in [0.2, 0.25) is 0 Å². The summed E-state index contributed by atoms with van der Waals surface area (Å²) < 4.78 is 5.57. The number of hydrogen-bond donors (Lipinski definition) is 2. The first-order chi connectivity index (χ1) is 10.2. The predicted octanol–water partition coefficient (Wildman–Crippen LogP) is 1.81. The van der Waals surface area contributed by atoms with E-state index < -0.39 is 6.10 Å². The third kappa shape index (κ3) is 6.46. The molecule has 118 valence electrons. The summed E-state index contributed by atoms with van der Waals surface area (Å²) in [5.41, 5.74) is 1.21. The Kier molecular flexibility index (Phi) is 7.00. The summed E-state index contributed by atoms with van der Waals surface area (Å²) in [6.45, 7) is 7.42. The first-order valence-corrected chi connectivity index (χ1v) is 8.04. The second-order valence-corrected chi connectivity index (χ2v) is 5.88. The summed E-state index contributed by atoms with van der Waals surface area (Å²) in [5, 5.41) is 13.2. The second kappa shape index (κ2) is 9.03. The standard InChI is InChI=1S/C17H28N2O2/c1-15-5-7-17(8-6-15)21-14-16(20)13-18-9-12-19-10-3-2-4-11-19/h5-8,16,18,20H,2-4,9-14H2,1H3. The SMILES string of the molecule is Cc1ccc(OCC(O)CNCCN2CCCCC2)cc1. The van der Waals surface area contributed by atoms with E-state index >= 15 is 0 Å². The van der Waals surface area contributed by atoms with Gasteiger partial charge in [-0.05, 0) is 45.0 Å². The lowest BCUT2D eigenvalue weighted by molar-refractivity contribution is 0.105. The van der Waals surface area contributed by atoms with Crippen molar-refractivity contribution in [1.29, 1.82) is 0 Å². The Labute approximate surface area is 128 Å². The van der Waals surface area contributed by atoms with E-state index in [-0.39, 0.29) is 0 Å². The average Bonchev–Trinajstić information content (AvgIpc) is 2.52. The van der Waals surface area contributed by atoms with Crippen molar-refractivity contribution in [3.63, 3.8) is 0 Å². The van der Waals surface area contributed by atoms with Crippen LogP contribution in [0.5, 0.6) is 5.75 Å². The molecule has 0 radical (unpaired) electrons. The van der Waals surface area contributed by atoms with E-state index in [9.17, 15) is 5.11 Å². The van der Waals surface area contributed by atoms with Gasteiger partial charge in [-0.15, -0.1) is 0 Å². The highest BCUT2D eigenvalue weighted by Crippen LogP contribution is 2.11. The predicted molar refractivity (Wildman–Crippen MR) is 85.8 cm³/mol. The molecular formula is C17H28N2O2. The molecule has 0 saturated carbocycles. The third-order valence-corrected chi connectivity index (χ3v) is 3.90. The number of aryl methyl sites for hydroxylation is 1. The molecule has 0 aliphatic carbocycles. The molecule has 1 aliphatic rings. The molecule has 1 aromatic rings. The first kappa shape index (κ1) is 16.3. The summed E-state index contributed by atoms with van der Waals surface area (Å²) >= 11 is 0. The van der Waals surface area contributed by atoms with Crippen LogP contribution >= 0.6 is 0 Å². The number of hydrogen-bond acceptors (Lipinski definition) is 4. The number of rotatable bonds is 8. The minimum absolute atomic E-state index is 0.333. The maximum Gasteiger partial charge on any atom is 0.119 e. The van der Waals surface area contributed by atoms with E-state index in [0.717, 1.165) is 18.8 Å². The van der Waals surface area contributed by atoms with E-state index in [1.807, 2.05) is 31.2 Å². The summed E-state index contributed by atoms with van der Waals surface area (Å²) in [5.74, 6) is 0.813. The van der Waals surface area contributed by atoms with Gasteiger partial charge in [-0.1, -0.05) is 24.1 Å². The number of aliphatic hydroxyl groups excluding tert-OH is 1. The zero-order chi connectivity index (χ0) is 14.9. The van der Waals surface area contributed by atoms with Crippen LogP contribution in [0.1, 0.15) is 24.8 Å². The van der Waals surface area contributed by atoms with Gasteiger partial charge < -0.3 is 20.1 Å². The van der Waals surface area contributed by atoms with E-state index in [2.05, 4.69) is 10.2 Å². The first-order valence-electron chi connectivity index (χ1n) is 8.04. The zero-order valence-corrected chi connectivity index (χ0v) is 13.1. The van der Waals surface area contributed by atoms with Gasteiger partial charge in [0.05, 0.1) is 0 Å². The second-order valence-electron chi connectivity index (χ2n) is 5.88. The highest BCUT2D eigenvalue weighted by Gasteiger charge is 2.09. The van der Waals surface area contributed by atoms with Gasteiger partial charge >= 0.3 is 0 Å². The molecule has 2 N–H and O–H groups in total. The maximum atomic E-state index is 9.90. The molecule has 1 aliphatic heterocycles. The molecule has 1 fully saturated rings. The van der Waals surface area contributed by atoms with E-state index in [1.165, 1.54) is 37.9 Å². The van der Waals surface area contributed by atoms with Crippen molar-refractivity contribution in [2.45, 2.75) is 32.3 Å². The van der Waals surface area contributed by atoms with Gasteiger partial charge in [0, 0.05) is 19.6 Å². The molecule has 1 unspecified atom stereocenters. The molecule has 21 heavy (non-hydrogen) atoms. The minimum atomic E-state index is -0.465. The van der Waals surface area contributed by atoms with Gasteiger partial charge in [-0.25, -0.2) is 0 Å². The molecule has 1 atom stereocenters. The number of nitrogens with zero attached hydrogens (tertiary/aromatic N) is 1. The Morgan fingerprint density at radius 1 is 1.19 bits per heavy atom. The maximum absolute atomic E-state index is 9.90. The van der Waals surface area contributed by atoms with Gasteiger partial charge in [0.2, 0.25) is 0 Å². The minimum Gasteiger partial charge on any atom is -0.491 e. The topological polar surface area (TPSA) is 44.7 Å². The van der Waals surface area contributed by atoms with Crippen LogP contribution in [0, 0.1) is 6.92 Å². The molecule has 0 aromatic heterocycles. The largest absolute Gasteiger partial charge is 0.491 e. The summed E-state index contributed by atoms with van der Waals surface area (Å²) in [7, 11) is 0. The van der Waals surface area contributed by atoms with Crippen LogP contribution in [0.15, 0.2) is 24.3 Å². The number of benzene rings is 1. The summed E-state index contributed by atoms with van der Waals surface area (Å²) in [4.78, 5) is 2.49. The molecule has 0 amide bonds. The molecule has 4 heteroatoms. The van der Waals surface area contributed by atoms with E-state index in [0.29, 0.717) is 13.2 Å². The zero-order valence-electron chi connectivity index (χ0n) is 13.1. The summed E-state index contributed by atoms with van der Waals surface area (Å²) in [6, 6.07) is 7.90. The van der Waals surface area contributed by atoms with Crippen molar-refractivity contribution in [3.8, 4) is 5.75 Å². The molecule has 1 aromatic carbocycles. The Bertz CT molecular complexity index is 388. The average molecular weight is 292 g/mol. The van der Waals surface area contributed by atoms with Crippen molar-refractivity contribution in [2.75, 3.05) is 39.3 Å². The van der Waals surface area contributed by atoms with Crippen LogP contribution in [0.4, 0.5) is 0 Å².